The molecule has 0 aliphatic carbocycles. The molecule has 0 spiro atoms. The fourth-order valence-electron chi connectivity index (χ4n) is 4.02. The van der Waals surface area contributed by atoms with Gasteiger partial charge in [-0.25, -0.2) is 8.78 Å². The topological polar surface area (TPSA) is 48.3 Å². The van der Waals surface area contributed by atoms with Crippen molar-refractivity contribution < 1.29 is 13.2 Å². The van der Waals surface area contributed by atoms with Gasteiger partial charge in [-0.15, -0.1) is 0 Å². The molecule has 1 fully saturated rings. The number of fused-ring (bicyclic) bond motifs is 1. The first kappa shape index (κ1) is 17.8. The molecule has 2 aromatic heterocycles. The number of hydrogen-bond donors (Lipinski definition) is 1. The summed E-state index contributed by atoms with van der Waals surface area (Å²) < 4.78 is 31.9. The molecular formula is C20H24F2N4O. The van der Waals surface area contributed by atoms with Crippen LogP contribution >= 0.6 is 0 Å². The first-order valence-electron chi connectivity index (χ1n) is 9.38. The average Bonchev–Trinajstić information content (AvgIpc) is 3.24. The molecule has 0 bridgehead atoms. The van der Waals surface area contributed by atoms with Crippen molar-refractivity contribution in [1.29, 1.82) is 0 Å². The summed E-state index contributed by atoms with van der Waals surface area (Å²) in [5.74, 6) is 0. The number of halogens is 2. The first-order valence-corrected chi connectivity index (χ1v) is 9.38. The Labute approximate surface area is 156 Å². The van der Waals surface area contributed by atoms with Gasteiger partial charge in [-0.1, -0.05) is 0 Å². The first-order chi connectivity index (χ1) is 13.1. The average molecular weight is 374 g/mol. The van der Waals surface area contributed by atoms with Gasteiger partial charge in [-0.3, -0.25) is 5.10 Å². The molecule has 1 aliphatic heterocycles. The maximum atomic E-state index is 13.4. The van der Waals surface area contributed by atoms with Gasteiger partial charge in [-0.2, -0.15) is 5.10 Å². The number of H-pyrrole nitrogens is 1. The molecule has 0 saturated carbocycles. The molecule has 0 radical (unpaired) electrons. The number of nitrogens with one attached hydrogen (secondary N) is 1. The third-order valence-electron chi connectivity index (χ3n) is 5.41. The molecular weight excluding hydrogens is 350 g/mol. The van der Waals surface area contributed by atoms with Crippen LogP contribution in [0, 0.1) is 6.92 Å². The van der Waals surface area contributed by atoms with Gasteiger partial charge in [0.25, 0.3) is 6.43 Å². The van der Waals surface area contributed by atoms with Gasteiger partial charge in [0.15, 0.2) is 0 Å². The number of benzene rings is 1. The van der Waals surface area contributed by atoms with E-state index in [0.29, 0.717) is 0 Å². The number of rotatable bonds is 5. The molecule has 1 unspecified atom stereocenters. The second-order valence-electron chi connectivity index (χ2n) is 7.14. The van der Waals surface area contributed by atoms with Crippen molar-refractivity contribution in [1.82, 2.24) is 10.2 Å². The van der Waals surface area contributed by atoms with E-state index in [1.165, 1.54) is 0 Å². The largest absolute Gasteiger partial charge is 0.470 e. The van der Waals surface area contributed by atoms with Crippen LogP contribution in [0.25, 0.3) is 10.9 Å². The Morgan fingerprint density at radius 2 is 2.19 bits per heavy atom. The summed E-state index contributed by atoms with van der Waals surface area (Å²) in [4.78, 5) is 4.14. The van der Waals surface area contributed by atoms with Crippen molar-refractivity contribution in [3.63, 3.8) is 0 Å². The maximum Gasteiger partial charge on any atom is 0.255 e. The Bertz CT molecular complexity index is 877. The summed E-state index contributed by atoms with van der Waals surface area (Å²) in [6.07, 6.45) is 3.71. The fourth-order valence-corrected chi connectivity index (χ4v) is 4.02. The molecule has 1 atom stereocenters. The van der Waals surface area contributed by atoms with Crippen LogP contribution in [0.15, 0.2) is 41.2 Å². The zero-order valence-corrected chi connectivity index (χ0v) is 15.4. The van der Waals surface area contributed by atoms with Crippen molar-refractivity contribution in [3.05, 3.63) is 42.5 Å². The molecule has 0 amide bonds. The van der Waals surface area contributed by atoms with Crippen LogP contribution in [0.4, 0.5) is 20.2 Å². The Balaban J connectivity index is 1.57. The van der Waals surface area contributed by atoms with E-state index in [9.17, 15) is 8.78 Å². The second kappa shape index (κ2) is 7.58. The number of furan rings is 1. The van der Waals surface area contributed by atoms with Gasteiger partial charge in [0.05, 0.1) is 29.7 Å². The van der Waals surface area contributed by atoms with E-state index in [0.717, 1.165) is 60.3 Å². The van der Waals surface area contributed by atoms with Gasteiger partial charge in [0.2, 0.25) is 0 Å². The number of aryl methyl sites for hydroxylation is 1. The minimum absolute atomic E-state index is 0.0809. The molecule has 5 nitrogen and oxygen atoms in total. The van der Waals surface area contributed by atoms with Crippen molar-refractivity contribution in [2.45, 2.75) is 38.7 Å². The normalized spacial score (nSPS) is 18.2. The van der Waals surface area contributed by atoms with Crippen molar-refractivity contribution in [2.75, 3.05) is 29.4 Å². The monoisotopic (exact) mass is 374 g/mol. The van der Waals surface area contributed by atoms with Crippen LogP contribution in [-0.2, 0) is 0 Å². The van der Waals surface area contributed by atoms with Gasteiger partial charge >= 0.3 is 0 Å². The molecule has 3 heterocycles. The molecule has 27 heavy (non-hydrogen) atoms. The van der Waals surface area contributed by atoms with Gasteiger partial charge in [0, 0.05) is 30.2 Å². The minimum Gasteiger partial charge on any atom is -0.470 e. The molecule has 7 heteroatoms. The van der Waals surface area contributed by atoms with Crippen LogP contribution in [0.1, 0.15) is 25.0 Å². The highest BCUT2D eigenvalue weighted by atomic mass is 19.3. The quantitative estimate of drug-likeness (QED) is 0.709. The number of aromatic nitrogens is 2. The van der Waals surface area contributed by atoms with Crippen molar-refractivity contribution >= 4 is 22.3 Å². The Morgan fingerprint density at radius 1 is 1.30 bits per heavy atom. The molecule has 4 rings (SSSR count). The summed E-state index contributed by atoms with van der Waals surface area (Å²) in [5.41, 5.74) is 3.69. The van der Waals surface area contributed by atoms with E-state index < -0.39 is 6.43 Å². The number of aromatic amines is 1. The molecule has 144 valence electrons. The molecule has 1 N–H and O–H groups in total. The third kappa shape index (κ3) is 3.77. The lowest BCUT2D eigenvalue weighted by Gasteiger charge is -2.33. The second-order valence-corrected chi connectivity index (χ2v) is 7.14. The minimum atomic E-state index is -2.38. The Morgan fingerprint density at radius 3 is 2.96 bits per heavy atom. The number of hydrogen-bond acceptors (Lipinski definition) is 4. The predicted octanol–water partition coefficient (Wildman–Crippen LogP) is 4.59. The fraction of sp³-hybridized carbons (Fsp3) is 0.450. The van der Waals surface area contributed by atoms with E-state index in [-0.39, 0.29) is 12.6 Å². The number of anilines is 2. The van der Waals surface area contributed by atoms with Crippen LogP contribution in [0.5, 0.6) is 0 Å². The standard InChI is InChI=1S/C20H24F2N4O/c1-14-18-5-4-16(11-19(18)24-23-14)26(12-20(21)22)15-3-2-8-25(9-6-15)17-7-10-27-13-17/h4-5,7,10-11,13,15,20H,2-3,6,8-9,12H2,1H3,(H,23,24). The third-order valence-corrected chi connectivity index (χ3v) is 5.41. The van der Waals surface area contributed by atoms with E-state index in [2.05, 4.69) is 15.1 Å². The molecule has 3 aromatic rings. The zero-order chi connectivity index (χ0) is 18.8. The molecule has 1 aliphatic rings. The summed E-state index contributed by atoms with van der Waals surface area (Å²) in [6.45, 7) is 3.42. The summed E-state index contributed by atoms with van der Waals surface area (Å²) in [7, 11) is 0. The zero-order valence-electron chi connectivity index (χ0n) is 15.4. The highest BCUT2D eigenvalue weighted by Crippen LogP contribution is 2.29. The highest BCUT2D eigenvalue weighted by molar-refractivity contribution is 5.84. The lowest BCUT2D eigenvalue weighted by Crippen LogP contribution is -2.39. The van der Waals surface area contributed by atoms with Crippen LogP contribution < -0.4 is 9.80 Å². The lowest BCUT2D eigenvalue weighted by atomic mass is 10.1. The SMILES string of the molecule is Cc1n[nH]c2cc(N(CC(F)F)C3CCCN(c4ccoc4)CC3)ccc12. The van der Waals surface area contributed by atoms with Gasteiger partial charge in [-0.05, 0) is 50.5 Å². The van der Waals surface area contributed by atoms with Crippen molar-refractivity contribution in [2.24, 2.45) is 0 Å². The Hall–Kier alpha value is -2.57. The molecule has 1 saturated heterocycles. The number of nitrogens with zero attached hydrogens (tertiary/aromatic N) is 3. The highest BCUT2D eigenvalue weighted by Gasteiger charge is 2.26. The van der Waals surface area contributed by atoms with E-state index in [1.807, 2.05) is 36.1 Å². The van der Waals surface area contributed by atoms with E-state index in [1.54, 1.807) is 12.5 Å². The van der Waals surface area contributed by atoms with Crippen LogP contribution in [0.3, 0.4) is 0 Å². The lowest BCUT2D eigenvalue weighted by molar-refractivity contribution is 0.151. The maximum absolute atomic E-state index is 13.4. The van der Waals surface area contributed by atoms with Gasteiger partial charge < -0.3 is 14.2 Å². The van der Waals surface area contributed by atoms with Crippen LogP contribution in [0.2, 0.25) is 0 Å². The van der Waals surface area contributed by atoms with Crippen LogP contribution in [-0.4, -0.2) is 42.3 Å². The number of alkyl halides is 2. The summed E-state index contributed by atoms with van der Waals surface area (Å²) >= 11 is 0. The van der Waals surface area contributed by atoms with E-state index >= 15 is 0 Å². The summed E-state index contributed by atoms with van der Waals surface area (Å²) in [6, 6.07) is 7.88. The smallest absolute Gasteiger partial charge is 0.255 e. The van der Waals surface area contributed by atoms with Crippen molar-refractivity contribution in [3.8, 4) is 0 Å². The molecule has 1 aromatic carbocycles. The van der Waals surface area contributed by atoms with Gasteiger partial charge in [0.1, 0.15) is 6.26 Å². The Kier molecular flexibility index (Phi) is 5.01. The van der Waals surface area contributed by atoms with E-state index in [4.69, 9.17) is 4.42 Å². The predicted molar refractivity (Wildman–Crippen MR) is 103 cm³/mol. The summed E-state index contributed by atoms with van der Waals surface area (Å²) in [5, 5.41) is 8.24.